The predicted octanol–water partition coefficient (Wildman–Crippen LogP) is 5.12. The first kappa shape index (κ1) is 19.7. The molecule has 4 nitrogen and oxygen atoms in total. The zero-order chi connectivity index (χ0) is 20.2. The fourth-order valence-corrected chi connectivity index (χ4v) is 4.42. The zero-order valence-electron chi connectivity index (χ0n) is 17.4. The highest BCUT2D eigenvalue weighted by Crippen LogP contribution is 2.29. The van der Waals surface area contributed by atoms with Crippen LogP contribution in [0.15, 0.2) is 48.5 Å². The van der Waals surface area contributed by atoms with Gasteiger partial charge in [-0.25, -0.2) is 0 Å². The minimum Gasteiger partial charge on any atom is -0.487 e. The van der Waals surface area contributed by atoms with Crippen molar-refractivity contribution < 1.29 is 9.53 Å². The summed E-state index contributed by atoms with van der Waals surface area (Å²) in [5, 5.41) is 4.54. The van der Waals surface area contributed by atoms with Gasteiger partial charge in [0.2, 0.25) is 0 Å². The SMILES string of the molecule is CC(=O)c1c(COc2ccc(C)cc2)n(CCC2CCCNC2)c2ccccc12. The van der Waals surface area contributed by atoms with E-state index in [-0.39, 0.29) is 5.78 Å². The first-order valence-corrected chi connectivity index (χ1v) is 10.6. The Morgan fingerprint density at radius 3 is 2.69 bits per heavy atom. The molecule has 1 N–H and O–H groups in total. The molecule has 29 heavy (non-hydrogen) atoms. The number of ether oxygens (including phenoxy) is 1. The van der Waals surface area contributed by atoms with Crippen molar-refractivity contribution in [2.45, 2.75) is 46.3 Å². The van der Waals surface area contributed by atoms with E-state index in [4.69, 9.17) is 4.74 Å². The summed E-state index contributed by atoms with van der Waals surface area (Å²) in [6, 6.07) is 16.3. The Morgan fingerprint density at radius 1 is 1.17 bits per heavy atom. The van der Waals surface area contributed by atoms with Crippen LogP contribution in [0.25, 0.3) is 10.9 Å². The molecule has 1 atom stereocenters. The number of para-hydroxylation sites is 1. The molecule has 4 heteroatoms. The number of aromatic nitrogens is 1. The average molecular weight is 391 g/mol. The molecule has 0 aliphatic carbocycles. The third kappa shape index (κ3) is 4.38. The molecule has 0 radical (unpaired) electrons. The minimum atomic E-state index is 0.0989. The number of nitrogens with zero attached hydrogens (tertiary/aromatic N) is 1. The third-order valence-electron chi connectivity index (χ3n) is 5.99. The lowest BCUT2D eigenvalue weighted by Gasteiger charge is -2.23. The molecule has 1 aromatic heterocycles. The molecule has 3 aromatic rings. The molecule has 0 spiro atoms. The van der Waals surface area contributed by atoms with Crippen molar-refractivity contribution in [1.82, 2.24) is 9.88 Å². The first-order valence-electron chi connectivity index (χ1n) is 10.6. The summed E-state index contributed by atoms with van der Waals surface area (Å²) in [6.45, 7) is 7.26. The summed E-state index contributed by atoms with van der Waals surface area (Å²) in [5.74, 6) is 1.62. The summed E-state index contributed by atoms with van der Waals surface area (Å²) in [4.78, 5) is 12.6. The van der Waals surface area contributed by atoms with Crippen molar-refractivity contribution in [1.29, 1.82) is 0 Å². The number of carbonyl (C=O) groups excluding carboxylic acids is 1. The van der Waals surface area contributed by atoms with Crippen LogP contribution in [0.5, 0.6) is 5.75 Å². The van der Waals surface area contributed by atoms with Crippen molar-refractivity contribution in [3.05, 3.63) is 65.4 Å². The molecule has 0 bridgehead atoms. The van der Waals surface area contributed by atoms with Crippen molar-refractivity contribution >= 4 is 16.7 Å². The Balaban J connectivity index is 1.66. The Labute approximate surface area is 172 Å². The Kier molecular flexibility index (Phi) is 6.00. The van der Waals surface area contributed by atoms with Gasteiger partial charge in [0.25, 0.3) is 0 Å². The molecule has 2 aromatic carbocycles. The Morgan fingerprint density at radius 2 is 1.97 bits per heavy atom. The van der Waals surface area contributed by atoms with Crippen LogP contribution in [-0.4, -0.2) is 23.4 Å². The third-order valence-corrected chi connectivity index (χ3v) is 5.99. The summed E-state index contributed by atoms with van der Waals surface area (Å²) in [6.07, 6.45) is 3.64. The summed E-state index contributed by atoms with van der Waals surface area (Å²) in [5.41, 5.74) is 4.12. The van der Waals surface area contributed by atoms with Crippen LogP contribution < -0.4 is 10.1 Å². The van der Waals surface area contributed by atoms with Gasteiger partial charge in [0.05, 0.1) is 5.69 Å². The van der Waals surface area contributed by atoms with Gasteiger partial charge in [-0.05, 0) is 70.3 Å². The van der Waals surface area contributed by atoms with Gasteiger partial charge in [-0.1, -0.05) is 35.9 Å². The van der Waals surface area contributed by atoms with Gasteiger partial charge in [0.1, 0.15) is 12.4 Å². The van der Waals surface area contributed by atoms with Crippen molar-refractivity contribution in [2.24, 2.45) is 5.92 Å². The molecule has 0 saturated carbocycles. The van der Waals surface area contributed by atoms with E-state index >= 15 is 0 Å². The van der Waals surface area contributed by atoms with E-state index in [1.807, 2.05) is 30.3 Å². The predicted molar refractivity (Wildman–Crippen MR) is 118 cm³/mol. The lowest BCUT2D eigenvalue weighted by molar-refractivity contribution is 0.101. The number of nitrogens with one attached hydrogen (secondary N) is 1. The maximum absolute atomic E-state index is 12.6. The Hall–Kier alpha value is -2.59. The van der Waals surface area contributed by atoms with E-state index in [1.165, 1.54) is 18.4 Å². The lowest BCUT2D eigenvalue weighted by Crippen LogP contribution is -2.30. The van der Waals surface area contributed by atoms with Gasteiger partial charge in [0.15, 0.2) is 5.78 Å². The number of piperidine rings is 1. The van der Waals surface area contributed by atoms with Crippen LogP contribution in [-0.2, 0) is 13.2 Å². The smallest absolute Gasteiger partial charge is 0.162 e. The van der Waals surface area contributed by atoms with Gasteiger partial charge in [-0.15, -0.1) is 0 Å². The molecule has 1 fully saturated rings. The maximum atomic E-state index is 12.6. The number of fused-ring (bicyclic) bond motifs is 1. The molecule has 1 unspecified atom stereocenters. The second kappa shape index (κ2) is 8.83. The lowest BCUT2D eigenvalue weighted by atomic mass is 9.96. The zero-order valence-corrected chi connectivity index (χ0v) is 17.4. The highest BCUT2D eigenvalue weighted by atomic mass is 16.5. The summed E-state index contributed by atoms with van der Waals surface area (Å²) >= 11 is 0. The van der Waals surface area contributed by atoms with Crippen LogP contribution in [0.2, 0.25) is 0 Å². The average Bonchev–Trinajstić information content (AvgIpc) is 3.06. The van der Waals surface area contributed by atoms with Crippen molar-refractivity contribution in [3.63, 3.8) is 0 Å². The van der Waals surface area contributed by atoms with Gasteiger partial charge in [-0.3, -0.25) is 4.79 Å². The Bertz CT molecular complexity index is 982. The number of hydrogen-bond donors (Lipinski definition) is 1. The number of carbonyl (C=O) groups is 1. The van der Waals surface area contributed by atoms with Crippen LogP contribution >= 0.6 is 0 Å². The van der Waals surface area contributed by atoms with Gasteiger partial charge in [-0.2, -0.15) is 0 Å². The standard InChI is InChI=1S/C25H30N2O2/c1-18-9-11-21(12-10-18)29-17-24-25(19(2)28)22-7-3-4-8-23(22)27(24)15-13-20-6-5-14-26-16-20/h3-4,7-12,20,26H,5-6,13-17H2,1-2H3. The van der Waals surface area contributed by atoms with Gasteiger partial charge >= 0.3 is 0 Å². The summed E-state index contributed by atoms with van der Waals surface area (Å²) < 4.78 is 8.43. The van der Waals surface area contributed by atoms with Crippen molar-refractivity contribution in [3.8, 4) is 5.75 Å². The number of Topliss-reactive ketones (excluding diaryl/α,β-unsaturated/α-hetero) is 1. The van der Waals surface area contributed by atoms with Gasteiger partial charge < -0.3 is 14.6 Å². The normalized spacial score (nSPS) is 16.8. The summed E-state index contributed by atoms with van der Waals surface area (Å²) in [7, 11) is 0. The number of aryl methyl sites for hydroxylation is 2. The van der Waals surface area contributed by atoms with E-state index in [2.05, 4.69) is 35.0 Å². The number of ketones is 1. The second-order valence-electron chi connectivity index (χ2n) is 8.15. The molecule has 2 heterocycles. The molecule has 1 aliphatic rings. The molecule has 0 amide bonds. The van der Waals surface area contributed by atoms with Crippen LogP contribution in [0.3, 0.4) is 0 Å². The molecular weight excluding hydrogens is 360 g/mol. The van der Waals surface area contributed by atoms with E-state index < -0.39 is 0 Å². The number of hydrogen-bond acceptors (Lipinski definition) is 3. The van der Waals surface area contributed by atoms with E-state index in [1.54, 1.807) is 6.92 Å². The van der Waals surface area contributed by atoms with E-state index in [0.29, 0.717) is 12.5 Å². The topological polar surface area (TPSA) is 43.3 Å². The van der Waals surface area contributed by atoms with Crippen LogP contribution in [0.4, 0.5) is 0 Å². The molecule has 152 valence electrons. The largest absolute Gasteiger partial charge is 0.487 e. The number of rotatable bonds is 7. The fourth-order valence-electron chi connectivity index (χ4n) is 4.42. The first-order chi connectivity index (χ1) is 14.1. The molecular formula is C25H30N2O2. The molecule has 1 aliphatic heterocycles. The van der Waals surface area contributed by atoms with Crippen LogP contribution in [0.1, 0.15) is 47.8 Å². The number of benzene rings is 2. The molecule has 1 saturated heterocycles. The highest BCUT2D eigenvalue weighted by molar-refractivity contribution is 6.08. The maximum Gasteiger partial charge on any atom is 0.162 e. The van der Waals surface area contributed by atoms with Gasteiger partial charge in [0, 0.05) is 23.0 Å². The molecule has 4 rings (SSSR count). The van der Waals surface area contributed by atoms with E-state index in [0.717, 1.165) is 54.0 Å². The highest BCUT2D eigenvalue weighted by Gasteiger charge is 2.21. The quantitative estimate of drug-likeness (QED) is 0.569. The van der Waals surface area contributed by atoms with Crippen LogP contribution in [0, 0.1) is 12.8 Å². The second-order valence-corrected chi connectivity index (χ2v) is 8.15. The van der Waals surface area contributed by atoms with Crippen molar-refractivity contribution in [2.75, 3.05) is 13.1 Å². The monoisotopic (exact) mass is 390 g/mol. The fraction of sp³-hybridized carbons (Fsp3) is 0.400. The van der Waals surface area contributed by atoms with E-state index in [9.17, 15) is 4.79 Å². The minimum absolute atomic E-state index is 0.0989.